The molecule has 9 heteroatoms. The third-order valence-corrected chi connectivity index (χ3v) is 10.2. The zero-order chi connectivity index (χ0) is 29.8. The number of non-ortho nitro benzene ring substituents is 1. The van der Waals surface area contributed by atoms with Crippen molar-refractivity contribution < 1.29 is 19.3 Å². The number of ether oxygens (including phenoxy) is 1. The van der Waals surface area contributed by atoms with Gasteiger partial charge in [0.2, 0.25) is 0 Å². The highest BCUT2D eigenvalue weighted by Gasteiger charge is 2.55. The van der Waals surface area contributed by atoms with E-state index in [1.54, 1.807) is 23.1 Å². The largest absolute Gasteiger partial charge is 0.445 e. The Labute approximate surface area is 254 Å². The van der Waals surface area contributed by atoms with Crippen LogP contribution in [0.1, 0.15) is 68.4 Å². The normalized spacial score (nSPS) is 25.8. The summed E-state index contributed by atoms with van der Waals surface area (Å²) in [4.78, 5) is 34.8. The molecule has 4 fully saturated rings. The number of carbonyl (C=O) groups is 1. The van der Waals surface area contributed by atoms with Crippen molar-refractivity contribution in [3.63, 3.8) is 0 Å². The minimum Gasteiger partial charge on any atom is -0.445 e. The van der Waals surface area contributed by atoms with Gasteiger partial charge in [-0.3, -0.25) is 15.0 Å². The van der Waals surface area contributed by atoms with Gasteiger partial charge in [0.05, 0.1) is 10.5 Å². The van der Waals surface area contributed by atoms with Crippen molar-refractivity contribution in [1.82, 2.24) is 14.9 Å². The molecule has 1 aliphatic carbocycles. The second kappa shape index (κ2) is 13.2. The Kier molecular flexibility index (Phi) is 9.12. The van der Waals surface area contributed by atoms with Gasteiger partial charge in [0.25, 0.3) is 5.69 Å². The topological polar surface area (TPSA) is 88.4 Å². The molecule has 6 rings (SSSR count). The molecule has 4 aliphatic rings. The van der Waals surface area contributed by atoms with Gasteiger partial charge in [0.1, 0.15) is 6.61 Å². The van der Waals surface area contributed by atoms with Crippen LogP contribution in [0.25, 0.3) is 0 Å². The lowest BCUT2D eigenvalue weighted by molar-refractivity contribution is -0.384. The molecule has 9 nitrogen and oxygen atoms in total. The first kappa shape index (κ1) is 29.8. The Hall–Kier alpha value is -3.27. The molecule has 3 heterocycles. The van der Waals surface area contributed by atoms with E-state index in [2.05, 4.69) is 46.9 Å². The van der Waals surface area contributed by atoms with Gasteiger partial charge >= 0.3 is 6.09 Å². The fourth-order valence-electron chi connectivity index (χ4n) is 7.93. The zero-order valence-corrected chi connectivity index (χ0v) is 25.0. The molecule has 0 bridgehead atoms. The van der Waals surface area contributed by atoms with Crippen molar-refractivity contribution in [2.24, 2.45) is 5.92 Å². The Balaban J connectivity index is 1.07. The second-order valence-corrected chi connectivity index (χ2v) is 12.8. The minimum atomic E-state index is -0.437. The van der Waals surface area contributed by atoms with Gasteiger partial charge in [0.15, 0.2) is 0 Å². The van der Waals surface area contributed by atoms with Crippen LogP contribution in [0.4, 0.5) is 10.5 Å². The quantitative estimate of drug-likeness (QED) is 0.193. The number of amides is 1. The van der Waals surface area contributed by atoms with Crippen LogP contribution >= 0.6 is 0 Å². The van der Waals surface area contributed by atoms with Gasteiger partial charge in [0, 0.05) is 62.9 Å². The number of nitro benzene ring substituents is 1. The summed E-state index contributed by atoms with van der Waals surface area (Å²) in [6.45, 7) is 8.25. The first-order valence-corrected chi connectivity index (χ1v) is 16.0. The highest BCUT2D eigenvalue weighted by Crippen LogP contribution is 2.51. The number of nitrogens with zero attached hydrogens (tertiary/aromatic N) is 4. The highest BCUT2D eigenvalue weighted by atomic mass is 16.7. The summed E-state index contributed by atoms with van der Waals surface area (Å²) < 4.78 is 5.63. The summed E-state index contributed by atoms with van der Waals surface area (Å²) in [5, 5.41) is 13.3. The number of nitro groups is 1. The van der Waals surface area contributed by atoms with Crippen LogP contribution in [-0.4, -0.2) is 76.3 Å². The van der Waals surface area contributed by atoms with Crippen LogP contribution in [-0.2, 0) is 16.2 Å². The van der Waals surface area contributed by atoms with Crippen LogP contribution in [0.2, 0.25) is 0 Å². The summed E-state index contributed by atoms with van der Waals surface area (Å²) in [6.07, 6.45) is 10.6. The van der Waals surface area contributed by atoms with E-state index >= 15 is 0 Å². The maximum Gasteiger partial charge on any atom is 0.410 e. The van der Waals surface area contributed by atoms with Crippen LogP contribution in [0.5, 0.6) is 0 Å². The highest BCUT2D eigenvalue weighted by molar-refractivity contribution is 5.68. The van der Waals surface area contributed by atoms with Crippen molar-refractivity contribution in [3.8, 4) is 0 Å². The minimum absolute atomic E-state index is 0.0180. The van der Waals surface area contributed by atoms with Gasteiger partial charge in [-0.15, -0.1) is 6.58 Å². The summed E-state index contributed by atoms with van der Waals surface area (Å²) in [7, 11) is 0. The van der Waals surface area contributed by atoms with E-state index in [0.717, 1.165) is 51.0 Å². The summed E-state index contributed by atoms with van der Waals surface area (Å²) in [6, 6.07) is 17.6. The van der Waals surface area contributed by atoms with E-state index in [-0.39, 0.29) is 30.0 Å². The molecule has 0 aromatic heterocycles. The lowest BCUT2D eigenvalue weighted by atomic mass is 9.76. The fourth-order valence-corrected chi connectivity index (χ4v) is 7.93. The van der Waals surface area contributed by atoms with Gasteiger partial charge in [-0.2, -0.15) is 5.06 Å². The molecule has 2 aromatic rings. The smallest absolute Gasteiger partial charge is 0.410 e. The zero-order valence-electron chi connectivity index (χ0n) is 25.0. The molecular weight excluding hydrogens is 544 g/mol. The van der Waals surface area contributed by atoms with Crippen molar-refractivity contribution in [2.75, 3.05) is 32.7 Å². The number of benzene rings is 2. The fraction of sp³-hybridized carbons (Fsp3) is 0.559. The van der Waals surface area contributed by atoms with Crippen molar-refractivity contribution in [3.05, 3.63) is 88.5 Å². The number of piperidine rings is 1. The van der Waals surface area contributed by atoms with Crippen molar-refractivity contribution in [1.29, 1.82) is 0 Å². The van der Waals surface area contributed by atoms with E-state index < -0.39 is 4.92 Å². The Morgan fingerprint density at radius 1 is 1.09 bits per heavy atom. The number of carbonyl (C=O) groups excluding carboxylic acids is 1. The molecule has 3 aliphatic heterocycles. The molecular formula is C34H44N4O5. The van der Waals surface area contributed by atoms with E-state index in [1.165, 1.54) is 49.8 Å². The van der Waals surface area contributed by atoms with Crippen LogP contribution < -0.4 is 0 Å². The summed E-state index contributed by atoms with van der Waals surface area (Å²) in [5.41, 5.74) is 2.20. The Bertz CT molecular complexity index is 1260. The van der Waals surface area contributed by atoms with Gasteiger partial charge < -0.3 is 14.5 Å². The number of hydrogen-bond acceptors (Lipinski definition) is 7. The monoisotopic (exact) mass is 588 g/mol. The van der Waals surface area contributed by atoms with Crippen LogP contribution in [0.15, 0.2) is 67.3 Å². The molecule has 3 atom stereocenters. The molecule has 1 spiro atoms. The Morgan fingerprint density at radius 3 is 2.49 bits per heavy atom. The first-order chi connectivity index (χ1) is 20.9. The number of fused-ring (bicyclic) bond motifs is 1. The maximum atomic E-state index is 13.1. The first-order valence-electron chi connectivity index (χ1n) is 16.0. The average molecular weight is 589 g/mol. The summed E-state index contributed by atoms with van der Waals surface area (Å²) >= 11 is 0. The van der Waals surface area contributed by atoms with Crippen LogP contribution in [0.3, 0.4) is 0 Å². The average Bonchev–Trinajstić information content (AvgIpc) is 3.54. The van der Waals surface area contributed by atoms with Gasteiger partial charge in [-0.25, -0.2) is 4.79 Å². The molecule has 1 saturated carbocycles. The molecule has 0 N–H and O–H groups in total. The molecule has 2 aromatic carbocycles. The SMILES string of the molecule is C=CCN(C(=O)OCc1ccc([N+](=O)[O-])cc1)C1CCN(C[C@@H]2[C@@H](c3ccccc3)CN3OC4(CCCCC4)C[C@@H]23)CC1. The van der Waals surface area contributed by atoms with E-state index in [9.17, 15) is 14.9 Å². The van der Waals surface area contributed by atoms with Gasteiger partial charge in [-0.1, -0.05) is 55.7 Å². The second-order valence-electron chi connectivity index (χ2n) is 12.8. The molecule has 3 saturated heterocycles. The molecule has 230 valence electrons. The molecule has 0 unspecified atom stereocenters. The molecule has 0 radical (unpaired) electrons. The molecule has 1 amide bonds. The number of rotatable bonds is 9. The standard InChI is InChI=1S/C34H44N4O5/c1-2-19-36(33(39)42-25-26-11-13-29(14-12-26)38(40)41)28-15-20-35(21-16-28)23-31-30(27-9-5-3-6-10-27)24-37-32(31)22-34(43-37)17-7-4-8-18-34/h2-3,5-6,9-14,28,30-32H,1,4,7-8,15-25H2/t30-,31-,32+/m1/s1. The predicted molar refractivity (Wildman–Crippen MR) is 164 cm³/mol. The third-order valence-electron chi connectivity index (χ3n) is 10.2. The van der Waals surface area contributed by atoms with E-state index in [1.807, 2.05) is 0 Å². The maximum absolute atomic E-state index is 13.1. The number of hydrogen-bond donors (Lipinski definition) is 0. The lowest BCUT2D eigenvalue weighted by Crippen LogP contribution is -2.49. The lowest BCUT2D eigenvalue weighted by Gasteiger charge is -2.40. The van der Waals surface area contributed by atoms with Crippen LogP contribution in [0, 0.1) is 16.0 Å². The number of likely N-dealkylation sites (tertiary alicyclic amines) is 1. The van der Waals surface area contributed by atoms with E-state index in [4.69, 9.17) is 9.57 Å². The summed E-state index contributed by atoms with van der Waals surface area (Å²) in [5.74, 6) is 0.965. The van der Waals surface area contributed by atoms with E-state index in [0.29, 0.717) is 24.4 Å². The van der Waals surface area contributed by atoms with Gasteiger partial charge in [-0.05, 0) is 61.3 Å². The van der Waals surface area contributed by atoms with Crippen molar-refractivity contribution >= 4 is 11.8 Å². The predicted octanol–water partition coefficient (Wildman–Crippen LogP) is 6.31. The van der Waals surface area contributed by atoms with Crippen molar-refractivity contribution in [2.45, 2.75) is 81.6 Å². The third kappa shape index (κ3) is 6.64. The molecule has 43 heavy (non-hydrogen) atoms. The number of hydroxylamine groups is 2. The Morgan fingerprint density at radius 2 is 1.81 bits per heavy atom.